The number of carbonyl (C=O) groups excluding carboxylic acids is 1. The second-order valence-electron chi connectivity index (χ2n) is 7.48. The molecule has 0 fully saturated rings. The molecular formula is C24H27N3O. The van der Waals surface area contributed by atoms with Gasteiger partial charge in [0.2, 0.25) is 0 Å². The van der Waals surface area contributed by atoms with Crippen LogP contribution in [0.5, 0.6) is 0 Å². The maximum Gasteiger partial charge on any atom is 0.319 e. The number of nitriles is 1. The van der Waals surface area contributed by atoms with Crippen LogP contribution in [0.4, 0.5) is 4.79 Å². The molecule has 144 valence electrons. The van der Waals surface area contributed by atoms with Crippen molar-refractivity contribution in [2.24, 2.45) is 5.41 Å². The van der Waals surface area contributed by atoms with Crippen molar-refractivity contribution in [1.82, 2.24) is 10.6 Å². The fourth-order valence-corrected chi connectivity index (χ4v) is 3.98. The standard InChI is InChI=1S/C24H27N3O/c1-4-24(5-2)14-19-8-6-7-9-20(19)22(21(24)15-25)27-23(28)26-16-18-12-10-17(3)11-13-18/h6-13H,4-5,14,16H2,1-3H3,(H2,26,27,28). The summed E-state index contributed by atoms with van der Waals surface area (Å²) in [6.07, 6.45) is 2.54. The van der Waals surface area contributed by atoms with Crippen LogP contribution in [-0.2, 0) is 13.0 Å². The first-order valence-corrected chi connectivity index (χ1v) is 9.86. The number of fused-ring (bicyclic) bond motifs is 1. The van der Waals surface area contributed by atoms with Gasteiger partial charge >= 0.3 is 6.03 Å². The molecule has 0 aliphatic heterocycles. The second kappa shape index (κ2) is 8.31. The number of aryl methyl sites for hydroxylation is 1. The molecule has 28 heavy (non-hydrogen) atoms. The summed E-state index contributed by atoms with van der Waals surface area (Å²) >= 11 is 0. The molecule has 0 unspecified atom stereocenters. The summed E-state index contributed by atoms with van der Waals surface area (Å²) in [5, 5.41) is 15.9. The number of hydrogen-bond acceptors (Lipinski definition) is 2. The van der Waals surface area contributed by atoms with Gasteiger partial charge < -0.3 is 10.6 Å². The van der Waals surface area contributed by atoms with Gasteiger partial charge in [0.25, 0.3) is 0 Å². The highest BCUT2D eigenvalue weighted by molar-refractivity contribution is 5.89. The van der Waals surface area contributed by atoms with E-state index in [0.717, 1.165) is 30.4 Å². The third-order valence-electron chi connectivity index (χ3n) is 5.87. The van der Waals surface area contributed by atoms with Crippen molar-refractivity contribution in [3.8, 4) is 6.07 Å². The van der Waals surface area contributed by atoms with E-state index in [1.165, 1.54) is 11.1 Å². The van der Waals surface area contributed by atoms with Gasteiger partial charge in [0.15, 0.2) is 0 Å². The summed E-state index contributed by atoms with van der Waals surface area (Å²) < 4.78 is 0. The second-order valence-corrected chi connectivity index (χ2v) is 7.48. The largest absolute Gasteiger partial charge is 0.334 e. The van der Waals surface area contributed by atoms with E-state index in [-0.39, 0.29) is 11.4 Å². The Morgan fingerprint density at radius 1 is 1.11 bits per heavy atom. The first kappa shape index (κ1) is 19.7. The molecule has 2 N–H and O–H groups in total. The van der Waals surface area contributed by atoms with Crippen LogP contribution in [0.15, 0.2) is 54.1 Å². The number of rotatable bonds is 5. The number of allylic oxidation sites excluding steroid dienone is 1. The summed E-state index contributed by atoms with van der Waals surface area (Å²) in [5.41, 5.74) is 5.45. The average Bonchev–Trinajstić information content (AvgIpc) is 2.72. The molecule has 0 heterocycles. The summed E-state index contributed by atoms with van der Waals surface area (Å²) in [6, 6.07) is 18.2. The van der Waals surface area contributed by atoms with Crippen LogP contribution in [-0.4, -0.2) is 6.03 Å². The molecule has 3 rings (SSSR count). The van der Waals surface area contributed by atoms with Gasteiger partial charge in [0, 0.05) is 17.5 Å². The van der Waals surface area contributed by atoms with Crippen LogP contribution in [0.25, 0.3) is 5.70 Å². The molecule has 0 spiro atoms. The van der Waals surface area contributed by atoms with Gasteiger partial charge in [-0.3, -0.25) is 0 Å². The number of benzene rings is 2. The smallest absolute Gasteiger partial charge is 0.319 e. The lowest BCUT2D eigenvalue weighted by molar-refractivity contribution is 0.244. The predicted molar refractivity (Wildman–Crippen MR) is 112 cm³/mol. The minimum atomic E-state index is -0.291. The molecule has 2 amide bonds. The lowest BCUT2D eigenvalue weighted by atomic mass is 9.66. The van der Waals surface area contributed by atoms with E-state index in [9.17, 15) is 10.1 Å². The third kappa shape index (κ3) is 3.80. The van der Waals surface area contributed by atoms with Crippen LogP contribution < -0.4 is 10.6 Å². The van der Waals surface area contributed by atoms with Crippen molar-refractivity contribution in [2.45, 2.75) is 46.6 Å². The Balaban J connectivity index is 1.88. The highest BCUT2D eigenvalue weighted by Crippen LogP contribution is 2.46. The summed E-state index contributed by atoms with van der Waals surface area (Å²) in [7, 11) is 0. The Bertz CT molecular complexity index is 931. The zero-order chi connectivity index (χ0) is 20.1. The molecule has 0 saturated carbocycles. The van der Waals surface area contributed by atoms with Crippen molar-refractivity contribution in [1.29, 1.82) is 5.26 Å². The highest BCUT2D eigenvalue weighted by Gasteiger charge is 2.39. The average molecular weight is 374 g/mol. The maximum atomic E-state index is 12.6. The van der Waals surface area contributed by atoms with E-state index in [2.05, 4.69) is 36.6 Å². The van der Waals surface area contributed by atoms with E-state index in [4.69, 9.17) is 0 Å². The van der Waals surface area contributed by atoms with Gasteiger partial charge in [-0.2, -0.15) is 5.26 Å². The first-order chi connectivity index (χ1) is 13.5. The number of carbonyl (C=O) groups is 1. The SMILES string of the molecule is CCC1(CC)Cc2ccccc2C(NC(=O)NCc2ccc(C)cc2)=C1C#N. The van der Waals surface area contributed by atoms with E-state index < -0.39 is 0 Å². The summed E-state index contributed by atoms with van der Waals surface area (Å²) in [5.74, 6) is 0. The number of nitrogens with one attached hydrogen (secondary N) is 2. The van der Waals surface area contributed by atoms with Crippen molar-refractivity contribution >= 4 is 11.7 Å². The van der Waals surface area contributed by atoms with Crippen LogP contribution >= 0.6 is 0 Å². The van der Waals surface area contributed by atoms with Gasteiger partial charge in [-0.1, -0.05) is 67.9 Å². The molecule has 0 saturated heterocycles. The van der Waals surface area contributed by atoms with Gasteiger partial charge in [0.1, 0.15) is 0 Å². The number of nitrogens with zero attached hydrogens (tertiary/aromatic N) is 1. The lowest BCUT2D eigenvalue weighted by Crippen LogP contribution is -2.38. The van der Waals surface area contributed by atoms with Gasteiger partial charge in [0.05, 0.1) is 17.3 Å². The Morgan fingerprint density at radius 2 is 1.79 bits per heavy atom. The molecule has 0 bridgehead atoms. The van der Waals surface area contributed by atoms with Crippen molar-refractivity contribution in [2.75, 3.05) is 0 Å². The van der Waals surface area contributed by atoms with Crippen molar-refractivity contribution in [3.63, 3.8) is 0 Å². The van der Waals surface area contributed by atoms with Crippen LogP contribution in [0.2, 0.25) is 0 Å². The van der Waals surface area contributed by atoms with Crippen LogP contribution in [0.3, 0.4) is 0 Å². The van der Waals surface area contributed by atoms with Gasteiger partial charge in [-0.15, -0.1) is 0 Å². The Morgan fingerprint density at radius 3 is 2.43 bits per heavy atom. The molecule has 4 nitrogen and oxygen atoms in total. The molecule has 1 aliphatic carbocycles. The van der Waals surface area contributed by atoms with E-state index in [0.29, 0.717) is 17.8 Å². The fourth-order valence-electron chi connectivity index (χ4n) is 3.98. The van der Waals surface area contributed by atoms with Gasteiger partial charge in [-0.25, -0.2) is 4.79 Å². The van der Waals surface area contributed by atoms with Crippen LogP contribution in [0.1, 0.15) is 48.9 Å². The quantitative estimate of drug-likeness (QED) is 0.766. The minimum absolute atomic E-state index is 0.233. The maximum absolute atomic E-state index is 12.6. The van der Waals surface area contributed by atoms with E-state index in [1.54, 1.807) is 0 Å². The summed E-state index contributed by atoms with van der Waals surface area (Å²) in [4.78, 5) is 12.6. The van der Waals surface area contributed by atoms with Crippen molar-refractivity contribution < 1.29 is 4.79 Å². The normalized spacial score (nSPS) is 14.8. The number of urea groups is 1. The summed E-state index contributed by atoms with van der Waals surface area (Å²) in [6.45, 7) is 6.71. The predicted octanol–water partition coefficient (Wildman–Crippen LogP) is 5.09. The molecule has 2 aromatic carbocycles. The van der Waals surface area contributed by atoms with E-state index in [1.807, 2.05) is 49.4 Å². The number of hydrogen-bond donors (Lipinski definition) is 2. The molecule has 0 atom stereocenters. The monoisotopic (exact) mass is 373 g/mol. The van der Waals surface area contributed by atoms with Gasteiger partial charge in [-0.05, 0) is 37.3 Å². The van der Waals surface area contributed by atoms with Crippen LogP contribution in [0, 0.1) is 23.7 Å². The Kier molecular flexibility index (Phi) is 5.84. The fraction of sp³-hybridized carbons (Fsp3) is 0.333. The lowest BCUT2D eigenvalue weighted by Gasteiger charge is -2.38. The Hall–Kier alpha value is -3.06. The zero-order valence-corrected chi connectivity index (χ0v) is 16.8. The van der Waals surface area contributed by atoms with Crippen molar-refractivity contribution in [3.05, 3.63) is 76.4 Å². The number of amides is 2. The third-order valence-corrected chi connectivity index (χ3v) is 5.87. The zero-order valence-electron chi connectivity index (χ0n) is 16.8. The molecule has 1 aliphatic rings. The minimum Gasteiger partial charge on any atom is -0.334 e. The first-order valence-electron chi connectivity index (χ1n) is 9.86. The van der Waals surface area contributed by atoms with E-state index >= 15 is 0 Å². The Labute approximate surface area is 167 Å². The molecular weight excluding hydrogens is 346 g/mol. The molecule has 0 radical (unpaired) electrons. The molecule has 4 heteroatoms. The molecule has 2 aromatic rings. The topological polar surface area (TPSA) is 64.9 Å². The highest BCUT2D eigenvalue weighted by atomic mass is 16.2. The molecule has 0 aromatic heterocycles.